The maximum Gasteiger partial charge on any atom is 0.323 e. The molecule has 1 aliphatic heterocycles. The van der Waals surface area contributed by atoms with Crippen molar-refractivity contribution in [3.63, 3.8) is 0 Å². The van der Waals surface area contributed by atoms with Crippen molar-refractivity contribution in [2.75, 3.05) is 28.7 Å². The van der Waals surface area contributed by atoms with Gasteiger partial charge in [0.15, 0.2) is 0 Å². The van der Waals surface area contributed by atoms with Crippen molar-refractivity contribution >= 4 is 29.0 Å². The Balaban J connectivity index is 1.66. The number of nitrogens with one attached hydrogen (secondary N) is 2. The van der Waals surface area contributed by atoms with Crippen molar-refractivity contribution in [2.45, 2.75) is 33.6 Å². The second-order valence-corrected chi connectivity index (χ2v) is 7.13. The van der Waals surface area contributed by atoms with E-state index >= 15 is 0 Å². The Morgan fingerprint density at radius 2 is 1.75 bits per heavy atom. The van der Waals surface area contributed by atoms with Crippen LogP contribution in [0.5, 0.6) is 5.75 Å². The molecule has 2 aromatic rings. The minimum Gasteiger partial charge on any atom is -0.494 e. The van der Waals surface area contributed by atoms with E-state index in [2.05, 4.69) is 10.6 Å². The summed E-state index contributed by atoms with van der Waals surface area (Å²) in [6.07, 6.45) is 1.82. The Hall–Kier alpha value is -3.02. The third-order valence-corrected chi connectivity index (χ3v) is 4.64. The highest BCUT2D eigenvalue weighted by molar-refractivity contribution is 6.00. The zero-order valence-corrected chi connectivity index (χ0v) is 16.6. The molecular formula is C22H27N3O3. The highest BCUT2D eigenvalue weighted by atomic mass is 16.5. The van der Waals surface area contributed by atoms with Crippen LogP contribution in [0.1, 0.15) is 32.8 Å². The van der Waals surface area contributed by atoms with Crippen molar-refractivity contribution in [3.8, 4) is 5.75 Å². The first-order chi connectivity index (χ1) is 13.5. The van der Waals surface area contributed by atoms with Gasteiger partial charge in [0.25, 0.3) is 0 Å². The average Bonchev–Trinajstić information content (AvgIpc) is 2.68. The van der Waals surface area contributed by atoms with Crippen LogP contribution in [0.2, 0.25) is 0 Å². The standard InChI is InChI=1S/C22H27N3O3/c1-4-28-19-10-7-17(8-11-19)23-22(27)24-18-9-12-20-16(14-18)6-5-13-25(20)21(26)15(2)3/h7-12,14-15H,4-6,13H2,1-3H3,(H2,23,24,27). The maximum absolute atomic E-state index is 12.4. The molecule has 0 aromatic heterocycles. The van der Waals surface area contributed by atoms with Crippen LogP contribution < -0.4 is 20.3 Å². The van der Waals surface area contributed by atoms with Gasteiger partial charge in [-0.05, 0) is 67.8 Å². The second-order valence-electron chi connectivity index (χ2n) is 7.13. The lowest BCUT2D eigenvalue weighted by Gasteiger charge is -2.31. The number of aryl methyl sites for hydroxylation is 1. The van der Waals surface area contributed by atoms with E-state index < -0.39 is 0 Å². The third kappa shape index (κ3) is 4.63. The van der Waals surface area contributed by atoms with Gasteiger partial charge in [-0.15, -0.1) is 0 Å². The molecule has 1 heterocycles. The lowest BCUT2D eigenvalue weighted by molar-refractivity contribution is -0.121. The number of nitrogens with zero attached hydrogens (tertiary/aromatic N) is 1. The number of fused-ring (bicyclic) bond motifs is 1. The summed E-state index contributed by atoms with van der Waals surface area (Å²) in [5.74, 6) is 0.863. The summed E-state index contributed by atoms with van der Waals surface area (Å²) >= 11 is 0. The Labute approximate surface area is 165 Å². The average molecular weight is 381 g/mol. The number of carbonyl (C=O) groups is 2. The number of anilines is 3. The molecule has 2 aromatic carbocycles. The van der Waals surface area contributed by atoms with Gasteiger partial charge in [0.05, 0.1) is 6.61 Å². The Morgan fingerprint density at radius 3 is 2.43 bits per heavy atom. The van der Waals surface area contributed by atoms with Crippen molar-refractivity contribution in [3.05, 3.63) is 48.0 Å². The summed E-state index contributed by atoms with van der Waals surface area (Å²) in [7, 11) is 0. The topological polar surface area (TPSA) is 70.7 Å². The molecule has 28 heavy (non-hydrogen) atoms. The molecule has 0 saturated carbocycles. The van der Waals surface area contributed by atoms with Crippen molar-refractivity contribution in [1.82, 2.24) is 0 Å². The fraction of sp³-hybridized carbons (Fsp3) is 0.364. The quantitative estimate of drug-likeness (QED) is 0.791. The molecule has 2 N–H and O–H groups in total. The molecule has 6 nitrogen and oxygen atoms in total. The molecule has 0 radical (unpaired) electrons. The van der Waals surface area contributed by atoms with E-state index in [1.165, 1.54) is 0 Å². The molecule has 0 bridgehead atoms. The fourth-order valence-electron chi connectivity index (χ4n) is 3.31. The summed E-state index contributed by atoms with van der Waals surface area (Å²) in [5.41, 5.74) is 3.43. The molecule has 3 rings (SSSR count). The molecule has 3 amide bonds. The number of ether oxygens (including phenoxy) is 1. The van der Waals surface area contributed by atoms with Crippen LogP contribution in [-0.2, 0) is 11.2 Å². The number of carbonyl (C=O) groups excluding carboxylic acids is 2. The molecule has 6 heteroatoms. The van der Waals surface area contributed by atoms with Crippen LogP contribution in [0.25, 0.3) is 0 Å². The van der Waals surface area contributed by atoms with Crippen molar-refractivity contribution in [1.29, 1.82) is 0 Å². The van der Waals surface area contributed by atoms with Gasteiger partial charge < -0.3 is 20.3 Å². The minimum absolute atomic E-state index is 0.0383. The number of urea groups is 1. The molecule has 1 aliphatic rings. The first-order valence-electron chi connectivity index (χ1n) is 9.73. The summed E-state index contributed by atoms with van der Waals surface area (Å²) in [5, 5.41) is 5.67. The van der Waals surface area contributed by atoms with Crippen LogP contribution in [0.4, 0.5) is 21.9 Å². The first-order valence-corrected chi connectivity index (χ1v) is 9.73. The molecule has 0 spiro atoms. The lowest BCUT2D eigenvalue weighted by Crippen LogP contribution is -2.38. The third-order valence-electron chi connectivity index (χ3n) is 4.64. The maximum atomic E-state index is 12.4. The number of amides is 3. The predicted octanol–water partition coefficient (Wildman–Crippen LogP) is 4.66. The summed E-state index contributed by atoms with van der Waals surface area (Å²) < 4.78 is 5.40. The van der Waals surface area contributed by atoms with Crippen LogP contribution in [-0.4, -0.2) is 25.1 Å². The SMILES string of the molecule is CCOc1ccc(NC(=O)Nc2ccc3c(c2)CCCN3C(=O)C(C)C)cc1. The predicted molar refractivity (Wildman–Crippen MR) is 112 cm³/mol. The van der Waals surface area contributed by atoms with Crippen LogP contribution in [0.3, 0.4) is 0 Å². The number of hydrogen-bond donors (Lipinski definition) is 2. The zero-order chi connectivity index (χ0) is 20.1. The van der Waals surface area contributed by atoms with Gasteiger partial charge in [-0.2, -0.15) is 0 Å². The van der Waals surface area contributed by atoms with Gasteiger partial charge in [0.1, 0.15) is 5.75 Å². The second kappa shape index (κ2) is 8.78. The van der Waals surface area contributed by atoms with Gasteiger partial charge in [-0.3, -0.25) is 4.79 Å². The minimum atomic E-state index is -0.310. The van der Waals surface area contributed by atoms with Gasteiger partial charge in [-0.1, -0.05) is 13.8 Å². The molecule has 0 atom stereocenters. The Morgan fingerprint density at radius 1 is 1.07 bits per heavy atom. The molecule has 0 fully saturated rings. The van der Waals surface area contributed by atoms with Crippen molar-refractivity contribution < 1.29 is 14.3 Å². The van der Waals surface area contributed by atoms with Gasteiger partial charge in [0.2, 0.25) is 5.91 Å². The monoisotopic (exact) mass is 381 g/mol. The van der Waals surface area contributed by atoms with E-state index in [-0.39, 0.29) is 17.9 Å². The first kappa shape index (κ1) is 19.7. The Kier molecular flexibility index (Phi) is 6.19. The van der Waals surface area contributed by atoms with E-state index in [1.807, 2.05) is 56.0 Å². The molecule has 0 saturated heterocycles. The number of rotatable bonds is 5. The zero-order valence-electron chi connectivity index (χ0n) is 16.6. The van der Waals surface area contributed by atoms with E-state index in [4.69, 9.17) is 4.74 Å². The Bertz CT molecular complexity index is 847. The summed E-state index contributed by atoms with van der Waals surface area (Å²) in [6.45, 7) is 7.10. The van der Waals surface area contributed by atoms with E-state index in [0.29, 0.717) is 18.0 Å². The number of benzene rings is 2. The largest absolute Gasteiger partial charge is 0.494 e. The molecule has 0 aliphatic carbocycles. The van der Waals surface area contributed by atoms with Crippen LogP contribution in [0.15, 0.2) is 42.5 Å². The summed E-state index contributed by atoms with van der Waals surface area (Å²) in [6, 6.07) is 12.6. The molecular weight excluding hydrogens is 354 g/mol. The smallest absolute Gasteiger partial charge is 0.323 e. The lowest BCUT2D eigenvalue weighted by atomic mass is 9.99. The fourth-order valence-corrected chi connectivity index (χ4v) is 3.31. The molecule has 148 valence electrons. The highest BCUT2D eigenvalue weighted by Gasteiger charge is 2.24. The van der Waals surface area contributed by atoms with Gasteiger partial charge >= 0.3 is 6.03 Å². The van der Waals surface area contributed by atoms with Gasteiger partial charge in [0, 0.05) is 29.5 Å². The molecule has 0 unspecified atom stereocenters. The van der Waals surface area contributed by atoms with Gasteiger partial charge in [-0.25, -0.2) is 4.79 Å². The highest BCUT2D eigenvalue weighted by Crippen LogP contribution is 2.30. The van der Waals surface area contributed by atoms with E-state index in [9.17, 15) is 9.59 Å². The van der Waals surface area contributed by atoms with E-state index in [0.717, 1.165) is 36.4 Å². The normalized spacial score (nSPS) is 13.1. The van der Waals surface area contributed by atoms with Crippen LogP contribution in [0, 0.1) is 5.92 Å². The summed E-state index contributed by atoms with van der Waals surface area (Å²) in [4.78, 5) is 26.6. The van der Waals surface area contributed by atoms with E-state index in [1.54, 1.807) is 12.1 Å². The number of hydrogen-bond acceptors (Lipinski definition) is 3. The van der Waals surface area contributed by atoms with Crippen LogP contribution >= 0.6 is 0 Å². The van der Waals surface area contributed by atoms with Crippen molar-refractivity contribution in [2.24, 2.45) is 5.92 Å².